The number of rotatable bonds is 5. The first kappa shape index (κ1) is 16.3. The number of morpholine rings is 1. The monoisotopic (exact) mass is 307 g/mol. The van der Waals surface area contributed by atoms with Gasteiger partial charge >= 0.3 is 5.97 Å². The van der Waals surface area contributed by atoms with Crippen LogP contribution in [-0.4, -0.2) is 53.8 Å². The Labute approximate surface area is 129 Å². The fourth-order valence-electron chi connectivity index (χ4n) is 2.36. The normalized spacial score (nSPS) is 19.5. The number of benzene rings is 1. The van der Waals surface area contributed by atoms with Crippen molar-refractivity contribution in [2.45, 2.75) is 32.5 Å². The summed E-state index contributed by atoms with van der Waals surface area (Å²) in [6, 6.07) is 7.50. The van der Waals surface area contributed by atoms with Crippen LogP contribution < -0.4 is 4.74 Å². The van der Waals surface area contributed by atoms with Crippen molar-refractivity contribution in [3.05, 3.63) is 29.8 Å². The molecule has 0 unspecified atom stereocenters. The quantitative estimate of drug-likeness (QED) is 0.891. The molecule has 1 aliphatic rings. The van der Waals surface area contributed by atoms with Crippen LogP contribution in [0.25, 0.3) is 0 Å². The maximum Gasteiger partial charge on any atom is 0.334 e. The number of hydrogen-bond acceptors (Lipinski definition) is 4. The van der Waals surface area contributed by atoms with Gasteiger partial charge in [-0.3, -0.25) is 4.79 Å². The van der Waals surface area contributed by atoms with E-state index in [2.05, 4.69) is 0 Å². The number of nitrogens with zero attached hydrogens (tertiary/aromatic N) is 1. The van der Waals surface area contributed by atoms with E-state index in [-0.39, 0.29) is 19.1 Å². The predicted octanol–water partition coefficient (Wildman–Crippen LogP) is 1.46. The molecule has 1 N–H and O–H groups in total. The van der Waals surface area contributed by atoms with Crippen LogP contribution in [0.1, 0.15) is 18.9 Å². The lowest BCUT2D eigenvalue weighted by molar-refractivity contribution is -0.161. The summed E-state index contributed by atoms with van der Waals surface area (Å²) in [4.78, 5) is 25.0. The van der Waals surface area contributed by atoms with Crippen LogP contribution in [0.5, 0.6) is 5.75 Å². The van der Waals surface area contributed by atoms with Crippen molar-refractivity contribution in [1.29, 1.82) is 0 Å². The van der Waals surface area contributed by atoms with Gasteiger partial charge in [0.15, 0.2) is 12.2 Å². The van der Waals surface area contributed by atoms with Crippen molar-refractivity contribution in [2.75, 3.05) is 19.7 Å². The lowest BCUT2D eigenvalue weighted by Crippen LogP contribution is -2.52. The molecule has 1 heterocycles. The van der Waals surface area contributed by atoms with Gasteiger partial charge in [0.25, 0.3) is 5.91 Å². The highest BCUT2D eigenvalue weighted by molar-refractivity contribution is 5.82. The maximum atomic E-state index is 12.5. The van der Waals surface area contributed by atoms with E-state index in [1.807, 2.05) is 38.1 Å². The molecule has 6 heteroatoms. The Bertz CT molecular complexity index is 545. The first-order valence-electron chi connectivity index (χ1n) is 7.37. The van der Waals surface area contributed by atoms with Crippen LogP contribution in [0.15, 0.2) is 24.3 Å². The zero-order chi connectivity index (χ0) is 16.1. The van der Waals surface area contributed by atoms with Crippen LogP contribution in [0.2, 0.25) is 0 Å². The van der Waals surface area contributed by atoms with E-state index in [9.17, 15) is 9.59 Å². The average molecular weight is 307 g/mol. The van der Waals surface area contributed by atoms with Crippen LogP contribution in [0.4, 0.5) is 0 Å². The molecule has 0 aromatic heterocycles. The second-order valence-corrected chi connectivity index (χ2v) is 5.31. The van der Waals surface area contributed by atoms with E-state index < -0.39 is 18.2 Å². The third kappa shape index (κ3) is 3.98. The Hall–Kier alpha value is -2.08. The molecule has 0 spiro atoms. The van der Waals surface area contributed by atoms with Crippen molar-refractivity contribution in [2.24, 2.45) is 0 Å². The zero-order valence-electron chi connectivity index (χ0n) is 12.8. The average Bonchev–Trinajstić information content (AvgIpc) is 2.52. The molecule has 1 aliphatic heterocycles. The summed E-state index contributed by atoms with van der Waals surface area (Å²) in [6.07, 6.45) is -1.06. The number of carboxylic acid groups (broad SMARTS) is 1. The molecular formula is C16H21NO5. The number of aliphatic carboxylic acids is 1. The summed E-state index contributed by atoms with van der Waals surface area (Å²) >= 11 is 0. The summed E-state index contributed by atoms with van der Waals surface area (Å²) in [7, 11) is 0. The number of amides is 1. The lowest BCUT2D eigenvalue weighted by atomic mass is 10.2. The highest BCUT2D eigenvalue weighted by Gasteiger charge is 2.32. The van der Waals surface area contributed by atoms with Gasteiger partial charge in [0, 0.05) is 6.54 Å². The standard InChI is InChI=1S/C16H21NO5/c1-3-13(22-12-6-4-5-11(2)9-12)15(18)17-7-8-21-14(10-17)16(19)20/h4-6,9,13-14H,3,7-8,10H2,1-2H3,(H,19,20)/t13-,14-/m1/s1. The third-order valence-corrected chi connectivity index (χ3v) is 3.57. The molecule has 0 bridgehead atoms. The van der Waals surface area contributed by atoms with Crippen LogP contribution >= 0.6 is 0 Å². The number of carbonyl (C=O) groups excluding carboxylic acids is 1. The first-order chi connectivity index (χ1) is 10.5. The van der Waals surface area contributed by atoms with Gasteiger partial charge in [-0.25, -0.2) is 4.79 Å². The van der Waals surface area contributed by atoms with Gasteiger partial charge in [-0.05, 0) is 31.0 Å². The molecule has 120 valence electrons. The van der Waals surface area contributed by atoms with Crippen molar-refractivity contribution in [3.63, 3.8) is 0 Å². The van der Waals surface area contributed by atoms with Gasteiger partial charge in [0.05, 0.1) is 13.2 Å². The van der Waals surface area contributed by atoms with Crippen molar-refractivity contribution in [3.8, 4) is 5.75 Å². The molecule has 6 nitrogen and oxygen atoms in total. The molecule has 1 amide bonds. The topological polar surface area (TPSA) is 76.1 Å². The number of aryl methyl sites for hydroxylation is 1. The van der Waals surface area contributed by atoms with Gasteiger partial charge in [0.1, 0.15) is 5.75 Å². The smallest absolute Gasteiger partial charge is 0.334 e. The number of carbonyl (C=O) groups is 2. The second kappa shape index (κ2) is 7.26. The number of hydrogen-bond donors (Lipinski definition) is 1. The molecule has 0 saturated carbocycles. The van der Waals surface area contributed by atoms with Crippen molar-refractivity contribution < 1.29 is 24.2 Å². The molecule has 1 saturated heterocycles. The summed E-state index contributed by atoms with van der Waals surface area (Å²) < 4.78 is 10.9. The number of ether oxygens (including phenoxy) is 2. The zero-order valence-corrected chi connectivity index (χ0v) is 12.8. The van der Waals surface area contributed by atoms with Crippen molar-refractivity contribution in [1.82, 2.24) is 4.90 Å². The maximum absolute atomic E-state index is 12.5. The Morgan fingerprint density at radius 3 is 2.91 bits per heavy atom. The molecular weight excluding hydrogens is 286 g/mol. The van der Waals surface area contributed by atoms with E-state index in [0.29, 0.717) is 18.7 Å². The van der Waals surface area contributed by atoms with E-state index in [1.54, 1.807) is 0 Å². The Kier molecular flexibility index (Phi) is 5.38. The molecule has 1 aromatic carbocycles. The fourth-order valence-corrected chi connectivity index (χ4v) is 2.36. The Balaban J connectivity index is 2.03. The van der Waals surface area contributed by atoms with Crippen molar-refractivity contribution >= 4 is 11.9 Å². The SMILES string of the molecule is CC[C@@H](Oc1cccc(C)c1)C(=O)N1CCO[C@@H](C(=O)O)C1. The van der Waals surface area contributed by atoms with E-state index in [1.165, 1.54) is 4.90 Å². The predicted molar refractivity (Wildman–Crippen MR) is 79.8 cm³/mol. The van der Waals surface area contributed by atoms with Gasteiger partial charge in [-0.15, -0.1) is 0 Å². The van der Waals surface area contributed by atoms with Crippen LogP contribution in [0.3, 0.4) is 0 Å². The van der Waals surface area contributed by atoms with E-state index in [4.69, 9.17) is 14.6 Å². The highest BCUT2D eigenvalue weighted by atomic mass is 16.5. The first-order valence-corrected chi connectivity index (χ1v) is 7.37. The molecule has 1 fully saturated rings. The Morgan fingerprint density at radius 1 is 1.50 bits per heavy atom. The van der Waals surface area contributed by atoms with Gasteiger partial charge in [-0.1, -0.05) is 19.1 Å². The van der Waals surface area contributed by atoms with Crippen LogP contribution in [0, 0.1) is 6.92 Å². The molecule has 2 atom stereocenters. The van der Waals surface area contributed by atoms with Gasteiger partial charge < -0.3 is 19.5 Å². The second-order valence-electron chi connectivity index (χ2n) is 5.31. The largest absolute Gasteiger partial charge is 0.481 e. The molecule has 0 aliphatic carbocycles. The van der Waals surface area contributed by atoms with Gasteiger partial charge in [-0.2, -0.15) is 0 Å². The third-order valence-electron chi connectivity index (χ3n) is 3.57. The Morgan fingerprint density at radius 2 is 2.27 bits per heavy atom. The highest BCUT2D eigenvalue weighted by Crippen LogP contribution is 2.17. The number of carboxylic acids is 1. The fraction of sp³-hybridized carbons (Fsp3) is 0.500. The van der Waals surface area contributed by atoms with Crippen LogP contribution in [-0.2, 0) is 14.3 Å². The summed E-state index contributed by atoms with van der Waals surface area (Å²) in [5.74, 6) is -0.605. The van der Waals surface area contributed by atoms with E-state index >= 15 is 0 Å². The van der Waals surface area contributed by atoms with E-state index in [0.717, 1.165) is 5.56 Å². The summed E-state index contributed by atoms with van der Waals surface area (Å²) in [5.41, 5.74) is 1.05. The minimum absolute atomic E-state index is 0.0574. The molecule has 1 aromatic rings. The minimum Gasteiger partial charge on any atom is -0.481 e. The molecule has 0 radical (unpaired) electrons. The van der Waals surface area contributed by atoms with Gasteiger partial charge in [0.2, 0.25) is 0 Å². The summed E-state index contributed by atoms with van der Waals surface area (Å²) in [6.45, 7) is 4.49. The minimum atomic E-state index is -1.05. The molecule has 2 rings (SSSR count). The molecule has 22 heavy (non-hydrogen) atoms. The lowest BCUT2D eigenvalue weighted by Gasteiger charge is -2.33. The summed E-state index contributed by atoms with van der Waals surface area (Å²) in [5, 5.41) is 9.01.